The first kappa shape index (κ1) is 14.9. The molecule has 1 aromatic heterocycles. The fourth-order valence-corrected chi connectivity index (χ4v) is 5.14. The number of fused-ring (bicyclic) bond motifs is 1. The number of benzene rings is 1. The quantitative estimate of drug-likeness (QED) is 0.872. The van der Waals surface area contributed by atoms with Gasteiger partial charge in [0, 0.05) is 43.9 Å². The van der Waals surface area contributed by atoms with Crippen LogP contribution in [0.4, 0.5) is 4.39 Å². The molecule has 3 heterocycles. The fourth-order valence-electron chi connectivity index (χ4n) is 3.47. The molecule has 23 heavy (non-hydrogen) atoms. The van der Waals surface area contributed by atoms with Crippen LogP contribution in [-0.2, 0) is 10.0 Å². The van der Waals surface area contributed by atoms with Gasteiger partial charge in [0.05, 0.1) is 5.39 Å². The lowest BCUT2D eigenvalue weighted by Gasteiger charge is -2.23. The van der Waals surface area contributed by atoms with Crippen molar-refractivity contribution in [3.63, 3.8) is 0 Å². The highest BCUT2D eigenvalue weighted by molar-refractivity contribution is 7.89. The van der Waals surface area contributed by atoms with Crippen LogP contribution in [0.2, 0.25) is 0 Å². The third-order valence-electron chi connectivity index (χ3n) is 4.73. The van der Waals surface area contributed by atoms with Gasteiger partial charge in [-0.25, -0.2) is 12.8 Å². The normalized spacial score (nSPS) is 23.3. The third kappa shape index (κ3) is 2.39. The van der Waals surface area contributed by atoms with Crippen LogP contribution >= 0.6 is 0 Å². The van der Waals surface area contributed by atoms with E-state index in [0.29, 0.717) is 18.6 Å². The molecule has 7 heteroatoms. The van der Waals surface area contributed by atoms with E-state index >= 15 is 0 Å². The summed E-state index contributed by atoms with van der Waals surface area (Å²) in [6, 6.07) is 4.77. The lowest BCUT2D eigenvalue weighted by molar-refractivity contribution is 0.261. The molecule has 4 rings (SSSR count). The first-order valence-electron chi connectivity index (χ1n) is 7.72. The molecule has 0 aliphatic carbocycles. The Bertz CT molecular complexity index is 867. The second kappa shape index (κ2) is 5.43. The van der Waals surface area contributed by atoms with Crippen molar-refractivity contribution in [1.82, 2.24) is 14.2 Å². The number of nitrogens with zero attached hydrogens (tertiary/aromatic N) is 2. The van der Waals surface area contributed by atoms with E-state index in [-0.39, 0.29) is 16.3 Å². The summed E-state index contributed by atoms with van der Waals surface area (Å²) in [4.78, 5) is 5.16. The van der Waals surface area contributed by atoms with Gasteiger partial charge in [-0.3, -0.25) is 4.90 Å². The molecule has 122 valence electrons. The molecule has 0 amide bonds. The number of nitrogens with one attached hydrogen (secondary N) is 1. The second-order valence-corrected chi connectivity index (χ2v) is 7.95. The molecule has 1 N–H and O–H groups in total. The Morgan fingerprint density at radius 2 is 2.00 bits per heavy atom. The van der Waals surface area contributed by atoms with Crippen LogP contribution in [0.15, 0.2) is 41.4 Å². The molecule has 0 radical (unpaired) electrons. The zero-order valence-electron chi connectivity index (χ0n) is 12.6. The predicted molar refractivity (Wildman–Crippen MR) is 86.1 cm³/mol. The van der Waals surface area contributed by atoms with Crippen LogP contribution in [-0.4, -0.2) is 54.8 Å². The van der Waals surface area contributed by atoms with Crippen LogP contribution < -0.4 is 0 Å². The van der Waals surface area contributed by atoms with Gasteiger partial charge in [0.2, 0.25) is 10.0 Å². The van der Waals surface area contributed by atoms with Crippen LogP contribution in [0, 0.1) is 5.82 Å². The van der Waals surface area contributed by atoms with E-state index in [2.05, 4.69) is 22.0 Å². The molecule has 1 saturated heterocycles. The minimum Gasteiger partial charge on any atom is -0.360 e. The molecule has 1 aromatic carbocycles. The number of H-pyrrole nitrogens is 1. The van der Waals surface area contributed by atoms with Crippen molar-refractivity contribution < 1.29 is 12.8 Å². The zero-order chi connectivity index (χ0) is 16.0. The van der Waals surface area contributed by atoms with Gasteiger partial charge in [0.1, 0.15) is 10.7 Å². The Balaban J connectivity index is 1.65. The van der Waals surface area contributed by atoms with Gasteiger partial charge >= 0.3 is 0 Å². The summed E-state index contributed by atoms with van der Waals surface area (Å²) in [6.07, 6.45) is 6.41. The lowest BCUT2D eigenvalue weighted by atomic mass is 10.2. The Labute approximate surface area is 134 Å². The highest BCUT2D eigenvalue weighted by atomic mass is 32.2. The van der Waals surface area contributed by atoms with E-state index in [1.54, 1.807) is 12.1 Å². The molecule has 0 spiro atoms. The Kier molecular flexibility index (Phi) is 3.51. The average molecular weight is 335 g/mol. The van der Waals surface area contributed by atoms with Crippen LogP contribution in [0.25, 0.3) is 10.9 Å². The van der Waals surface area contributed by atoms with Crippen molar-refractivity contribution in [3.8, 4) is 0 Å². The predicted octanol–water partition coefficient (Wildman–Crippen LogP) is 1.94. The van der Waals surface area contributed by atoms with Gasteiger partial charge in [0.15, 0.2) is 0 Å². The minimum absolute atomic E-state index is 0.0331. The zero-order valence-corrected chi connectivity index (χ0v) is 13.4. The summed E-state index contributed by atoms with van der Waals surface area (Å²) < 4.78 is 41.4. The van der Waals surface area contributed by atoms with Crippen molar-refractivity contribution in [3.05, 3.63) is 42.4 Å². The van der Waals surface area contributed by atoms with E-state index in [0.717, 1.165) is 19.5 Å². The molecule has 2 aliphatic rings. The van der Waals surface area contributed by atoms with E-state index in [4.69, 9.17) is 0 Å². The van der Waals surface area contributed by atoms with Gasteiger partial charge in [-0.15, -0.1) is 0 Å². The molecule has 0 saturated carbocycles. The summed E-state index contributed by atoms with van der Waals surface area (Å²) in [7, 11) is -3.69. The van der Waals surface area contributed by atoms with Gasteiger partial charge in [-0.05, 0) is 18.6 Å². The Morgan fingerprint density at radius 1 is 1.22 bits per heavy atom. The summed E-state index contributed by atoms with van der Waals surface area (Å²) in [5.74, 6) is -0.512. The number of hydrogen-bond acceptors (Lipinski definition) is 3. The first-order valence-corrected chi connectivity index (χ1v) is 9.16. The monoisotopic (exact) mass is 335 g/mol. The highest BCUT2D eigenvalue weighted by Crippen LogP contribution is 2.30. The van der Waals surface area contributed by atoms with Crippen molar-refractivity contribution >= 4 is 20.9 Å². The number of halogens is 1. The van der Waals surface area contributed by atoms with Crippen molar-refractivity contribution in [2.24, 2.45) is 0 Å². The van der Waals surface area contributed by atoms with E-state index in [1.807, 2.05) is 0 Å². The lowest BCUT2D eigenvalue weighted by Crippen LogP contribution is -2.37. The highest BCUT2D eigenvalue weighted by Gasteiger charge is 2.36. The van der Waals surface area contributed by atoms with Crippen molar-refractivity contribution in [2.75, 3.05) is 26.2 Å². The molecule has 1 fully saturated rings. The number of hydrogen-bond donors (Lipinski definition) is 1. The average Bonchev–Trinajstić information content (AvgIpc) is 3.26. The largest absolute Gasteiger partial charge is 0.360 e. The van der Waals surface area contributed by atoms with Crippen molar-refractivity contribution in [2.45, 2.75) is 17.4 Å². The summed E-state index contributed by atoms with van der Waals surface area (Å²) in [5.41, 5.74) is 0.503. The molecular formula is C16H18FN3O2S. The van der Waals surface area contributed by atoms with Crippen LogP contribution in [0.1, 0.15) is 6.42 Å². The number of aromatic nitrogens is 1. The molecule has 2 aliphatic heterocycles. The van der Waals surface area contributed by atoms with E-state index < -0.39 is 15.8 Å². The molecule has 0 bridgehead atoms. The van der Waals surface area contributed by atoms with Crippen LogP contribution in [0.3, 0.4) is 0 Å². The summed E-state index contributed by atoms with van der Waals surface area (Å²) in [5, 5.41) is 0.152. The number of rotatable bonds is 3. The topological polar surface area (TPSA) is 56.4 Å². The van der Waals surface area contributed by atoms with Crippen molar-refractivity contribution in [1.29, 1.82) is 0 Å². The molecule has 2 aromatic rings. The maximum absolute atomic E-state index is 14.1. The van der Waals surface area contributed by atoms with Gasteiger partial charge in [0.25, 0.3) is 0 Å². The Hall–Kier alpha value is -1.70. The maximum atomic E-state index is 14.1. The number of aromatic amines is 1. The third-order valence-corrected chi connectivity index (χ3v) is 6.61. The Morgan fingerprint density at radius 3 is 2.78 bits per heavy atom. The maximum Gasteiger partial charge on any atom is 0.245 e. The SMILES string of the molecule is O=S(=O)(c1c[nH]c2cccc(F)c12)N1CCC(N2CC=CC2)C1. The standard InChI is InChI=1S/C16H18FN3O2S/c17-13-4-3-5-14-16(13)15(10-18-14)23(21,22)20-9-6-12(11-20)19-7-1-2-8-19/h1-5,10,12,18H,6-9,11H2. The smallest absolute Gasteiger partial charge is 0.245 e. The van der Waals surface area contributed by atoms with Gasteiger partial charge in [-0.1, -0.05) is 18.2 Å². The second-order valence-electron chi connectivity index (χ2n) is 6.05. The van der Waals surface area contributed by atoms with Crippen LogP contribution in [0.5, 0.6) is 0 Å². The van der Waals surface area contributed by atoms with Gasteiger partial charge < -0.3 is 4.98 Å². The minimum atomic E-state index is -3.69. The van der Waals surface area contributed by atoms with Gasteiger partial charge in [-0.2, -0.15) is 4.31 Å². The fraction of sp³-hybridized carbons (Fsp3) is 0.375. The van der Waals surface area contributed by atoms with E-state index in [9.17, 15) is 12.8 Å². The molecule has 5 nitrogen and oxygen atoms in total. The molecule has 1 unspecified atom stereocenters. The van der Waals surface area contributed by atoms with E-state index in [1.165, 1.54) is 16.6 Å². The molecular weight excluding hydrogens is 317 g/mol. The molecule has 1 atom stereocenters. The summed E-state index contributed by atoms with van der Waals surface area (Å²) in [6.45, 7) is 2.69. The number of sulfonamides is 1. The summed E-state index contributed by atoms with van der Waals surface area (Å²) >= 11 is 0. The first-order chi connectivity index (χ1) is 11.1.